The van der Waals surface area contributed by atoms with E-state index >= 15 is 0 Å². The van der Waals surface area contributed by atoms with Crippen molar-refractivity contribution in [1.29, 1.82) is 0 Å². The van der Waals surface area contributed by atoms with Gasteiger partial charge in [0.05, 0.1) is 23.9 Å². The lowest BCUT2D eigenvalue weighted by Gasteiger charge is -2.11. The number of hydrogen-bond donors (Lipinski definition) is 1. The number of aromatic nitrogens is 1. The highest BCUT2D eigenvalue weighted by Crippen LogP contribution is 2.26. The van der Waals surface area contributed by atoms with Gasteiger partial charge in [0.25, 0.3) is 5.91 Å². The molecule has 0 radical (unpaired) electrons. The fourth-order valence-corrected chi connectivity index (χ4v) is 4.17. The lowest BCUT2D eigenvalue weighted by atomic mass is 10.1. The summed E-state index contributed by atoms with van der Waals surface area (Å²) in [5, 5.41) is 5.04. The van der Waals surface area contributed by atoms with E-state index in [1.54, 1.807) is 30.2 Å². The van der Waals surface area contributed by atoms with Crippen molar-refractivity contribution in [2.24, 2.45) is 0 Å². The third-order valence-corrected chi connectivity index (χ3v) is 5.61. The molecule has 134 valence electrons. The second-order valence-corrected chi connectivity index (χ2v) is 7.32. The van der Waals surface area contributed by atoms with Crippen LogP contribution >= 0.6 is 23.1 Å². The first-order chi connectivity index (χ1) is 12.8. The van der Waals surface area contributed by atoms with Crippen molar-refractivity contribution in [3.8, 4) is 5.75 Å². The molecule has 0 atom stereocenters. The average Bonchev–Trinajstić information content (AvgIpc) is 3.20. The maximum Gasteiger partial charge on any atom is 0.252 e. The molecule has 0 saturated heterocycles. The van der Waals surface area contributed by atoms with Gasteiger partial charge in [-0.15, -0.1) is 23.1 Å². The summed E-state index contributed by atoms with van der Waals surface area (Å²) in [6, 6.07) is 15.6. The van der Waals surface area contributed by atoms with Gasteiger partial charge < -0.3 is 10.1 Å². The number of rotatable bonds is 8. The Morgan fingerprint density at radius 1 is 1.19 bits per heavy atom. The number of benzene rings is 2. The van der Waals surface area contributed by atoms with Gasteiger partial charge in [-0.1, -0.05) is 30.3 Å². The molecule has 4 nitrogen and oxygen atoms in total. The third kappa shape index (κ3) is 4.86. The largest absolute Gasteiger partial charge is 0.496 e. The van der Waals surface area contributed by atoms with Gasteiger partial charge in [0.2, 0.25) is 0 Å². The van der Waals surface area contributed by atoms with E-state index < -0.39 is 0 Å². The fourth-order valence-electron chi connectivity index (χ4n) is 2.56. The van der Waals surface area contributed by atoms with Crippen molar-refractivity contribution >= 4 is 29.0 Å². The smallest absolute Gasteiger partial charge is 0.252 e. The van der Waals surface area contributed by atoms with E-state index in [4.69, 9.17) is 4.74 Å². The van der Waals surface area contributed by atoms with Crippen LogP contribution in [0.2, 0.25) is 0 Å². The van der Waals surface area contributed by atoms with Crippen LogP contribution in [0.5, 0.6) is 5.75 Å². The zero-order valence-corrected chi connectivity index (χ0v) is 16.1. The Morgan fingerprint density at radius 2 is 2.00 bits per heavy atom. The third-order valence-electron chi connectivity index (χ3n) is 3.86. The van der Waals surface area contributed by atoms with E-state index in [1.165, 1.54) is 0 Å². The van der Waals surface area contributed by atoms with Crippen LogP contribution in [0.4, 0.5) is 0 Å². The van der Waals surface area contributed by atoms with Gasteiger partial charge in [-0.3, -0.25) is 4.79 Å². The monoisotopic (exact) mass is 384 g/mol. The molecule has 26 heavy (non-hydrogen) atoms. The van der Waals surface area contributed by atoms with E-state index in [9.17, 15) is 4.79 Å². The summed E-state index contributed by atoms with van der Waals surface area (Å²) in [7, 11) is 1.66. The molecule has 6 heteroatoms. The Bertz CT molecular complexity index is 851. The number of hydrogen-bond acceptors (Lipinski definition) is 5. The minimum atomic E-state index is -0.0544. The number of nitrogens with one attached hydrogen (secondary N) is 1. The van der Waals surface area contributed by atoms with Gasteiger partial charge >= 0.3 is 0 Å². The number of carbonyl (C=O) groups excluding carboxylic acids is 1. The van der Waals surface area contributed by atoms with Crippen molar-refractivity contribution < 1.29 is 9.53 Å². The lowest BCUT2D eigenvalue weighted by Crippen LogP contribution is -2.26. The van der Waals surface area contributed by atoms with Crippen molar-refractivity contribution in [2.45, 2.75) is 17.1 Å². The first kappa shape index (κ1) is 18.5. The molecule has 2 aromatic carbocycles. The maximum absolute atomic E-state index is 12.6. The topological polar surface area (TPSA) is 51.2 Å². The first-order valence-corrected chi connectivity index (χ1v) is 10.2. The van der Waals surface area contributed by atoms with Gasteiger partial charge in [0.15, 0.2) is 0 Å². The van der Waals surface area contributed by atoms with Gasteiger partial charge in [-0.25, -0.2) is 4.98 Å². The first-order valence-electron chi connectivity index (χ1n) is 8.27. The molecule has 0 bridgehead atoms. The zero-order valence-electron chi connectivity index (χ0n) is 14.5. The molecule has 1 N–H and O–H groups in total. The van der Waals surface area contributed by atoms with Crippen LogP contribution in [-0.2, 0) is 12.2 Å². The second kappa shape index (κ2) is 9.40. The summed E-state index contributed by atoms with van der Waals surface area (Å²) >= 11 is 3.22. The maximum atomic E-state index is 12.6. The molecule has 0 unspecified atom stereocenters. The highest BCUT2D eigenvalue weighted by atomic mass is 32.2. The van der Waals surface area contributed by atoms with Crippen LogP contribution in [0, 0.1) is 0 Å². The van der Waals surface area contributed by atoms with E-state index in [2.05, 4.69) is 10.3 Å². The molecule has 3 rings (SSSR count). The number of methoxy groups -OCH3 is 1. The SMILES string of the molecule is COc1ccccc1CCNC(=O)c1ccccc1SCc1cscn1. The van der Waals surface area contributed by atoms with Gasteiger partial charge in [-0.05, 0) is 30.2 Å². The van der Waals surface area contributed by atoms with Crippen molar-refractivity contribution in [3.05, 3.63) is 76.2 Å². The molecule has 1 aromatic heterocycles. The molecular weight excluding hydrogens is 364 g/mol. The van der Waals surface area contributed by atoms with E-state index in [0.717, 1.165) is 34.1 Å². The van der Waals surface area contributed by atoms with Crippen molar-refractivity contribution in [3.63, 3.8) is 0 Å². The van der Waals surface area contributed by atoms with Crippen LogP contribution in [0.3, 0.4) is 0 Å². The van der Waals surface area contributed by atoms with E-state index in [-0.39, 0.29) is 5.91 Å². The zero-order chi connectivity index (χ0) is 18.2. The van der Waals surface area contributed by atoms with E-state index in [0.29, 0.717) is 12.1 Å². The fraction of sp³-hybridized carbons (Fsp3) is 0.200. The molecule has 3 aromatic rings. The van der Waals surface area contributed by atoms with Gasteiger partial charge in [-0.2, -0.15) is 0 Å². The molecule has 0 aliphatic carbocycles. The summed E-state index contributed by atoms with van der Waals surface area (Å²) in [4.78, 5) is 17.9. The predicted molar refractivity (Wildman–Crippen MR) is 107 cm³/mol. The van der Waals surface area contributed by atoms with Crippen molar-refractivity contribution in [1.82, 2.24) is 10.3 Å². The molecule has 1 heterocycles. The number of carbonyl (C=O) groups is 1. The van der Waals surface area contributed by atoms with Gasteiger partial charge in [0.1, 0.15) is 5.75 Å². The molecule has 0 aliphatic heterocycles. The number of thiazole rings is 1. The van der Waals surface area contributed by atoms with Crippen LogP contribution in [0.1, 0.15) is 21.6 Å². The van der Waals surface area contributed by atoms with Crippen LogP contribution in [0.25, 0.3) is 0 Å². The molecule has 0 saturated carbocycles. The molecular formula is C20H20N2O2S2. The number of para-hydroxylation sites is 1. The summed E-state index contributed by atoms with van der Waals surface area (Å²) < 4.78 is 5.35. The second-order valence-electron chi connectivity index (χ2n) is 5.58. The Hall–Kier alpha value is -2.31. The average molecular weight is 385 g/mol. The number of amides is 1. The van der Waals surface area contributed by atoms with Crippen LogP contribution < -0.4 is 10.1 Å². The Labute approximate surface area is 161 Å². The minimum absolute atomic E-state index is 0.0544. The van der Waals surface area contributed by atoms with Crippen LogP contribution in [-0.4, -0.2) is 24.5 Å². The number of nitrogens with zero attached hydrogens (tertiary/aromatic N) is 1. The summed E-state index contributed by atoms with van der Waals surface area (Å²) in [6.07, 6.45) is 0.726. The van der Waals surface area contributed by atoms with Gasteiger partial charge in [0, 0.05) is 22.6 Å². The number of thioether (sulfide) groups is 1. The summed E-state index contributed by atoms with van der Waals surface area (Å²) in [5.41, 5.74) is 4.65. The minimum Gasteiger partial charge on any atom is -0.496 e. The van der Waals surface area contributed by atoms with E-state index in [1.807, 2.05) is 59.4 Å². The molecule has 1 amide bonds. The Balaban J connectivity index is 1.59. The highest BCUT2D eigenvalue weighted by Gasteiger charge is 2.12. The Morgan fingerprint density at radius 3 is 2.81 bits per heavy atom. The predicted octanol–water partition coefficient (Wildman–Crippen LogP) is 4.42. The lowest BCUT2D eigenvalue weighted by molar-refractivity contribution is 0.0951. The Kier molecular flexibility index (Phi) is 6.68. The summed E-state index contributed by atoms with van der Waals surface area (Å²) in [6.45, 7) is 0.560. The highest BCUT2D eigenvalue weighted by molar-refractivity contribution is 7.98. The van der Waals surface area contributed by atoms with Crippen LogP contribution in [0.15, 0.2) is 64.3 Å². The molecule has 0 spiro atoms. The normalized spacial score (nSPS) is 10.5. The standard InChI is InChI=1S/C20H20N2O2S2/c1-24-18-8-4-2-6-15(18)10-11-21-20(23)17-7-3-5-9-19(17)26-13-16-12-25-14-22-16/h2-9,12,14H,10-11,13H2,1H3,(H,21,23). The quantitative estimate of drug-likeness (QED) is 0.584. The molecule has 0 fully saturated rings. The summed E-state index contributed by atoms with van der Waals surface area (Å²) in [5.74, 6) is 1.55. The molecule has 0 aliphatic rings. The van der Waals surface area contributed by atoms with Crippen molar-refractivity contribution in [2.75, 3.05) is 13.7 Å². The number of ether oxygens (including phenoxy) is 1.